The van der Waals surface area contributed by atoms with Crippen LogP contribution in [0.15, 0.2) is 16.7 Å². The molecule has 2 heterocycles. The molecular weight excluding hydrogens is 260 g/mol. The Morgan fingerprint density at radius 3 is 2.67 bits per heavy atom. The third kappa shape index (κ3) is 1.92. The van der Waals surface area contributed by atoms with Gasteiger partial charge in [-0.3, -0.25) is 14.5 Å². The molecule has 2 rings (SSSR count). The van der Waals surface area contributed by atoms with Crippen LogP contribution in [0.4, 0.5) is 5.82 Å². The number of aryl methyl sites for hydroxylation is 1. The summed E-state index contributed by atoms with van der Waals surface area (Å²) in [5, 5.41) is 0. The van der Waals surface area contributed by atoms with Crippen LogP contribution >= 0.6 is 15.9 Å². The largest absolute Gasteiger partial charge is 0.297 e. The van der Waals surface area contributed by atoms with Gasteiger partial charge >= 0.3 is 0 Å². The number of amides is 1. The first-order valence-electron chi connectivity index (χ1n) is 4.53. The summed E-state index contributed by atoms with van der Waals surface area (Å²) >= 11 is 3.29. The van der Waals surface area contributed by atoms with Gasteiger partial charge < -0.3 is 0 Å². The van der Waals surface area contributed by atoms with Gasteiger partial charge in [0.25, 0.3) is 0 Å². The monoisotopic (exact) mass is 268 g/mol. The Kier molecular flexibility index (Phi) is 2.56. The molecule has 15 heavy (non-hydrogen) atoms. The molecule has 1 aromatic heterocycles. The van der Waals surface area contributed by atoms with Crippen molar-refractivity contribution >= 4 is 33.4 Å². The molecule has 1 aromatic rings. The Bertz CT molecular complexity index is 445. The number of nitrogens with zero attached hydrogens (tertiary/aromatic N) is 2. The second kappa shape index (κ2) is 3.73. The van der Waals surface area contributed by atoms with Gasteiger partial charge in [0.1, 0.15) is 10.4 Å². The topological polar surface area (TPSA) is 50.3 Å². The van der Waals surface area contributed by atoms with E-state index in [-0.39, 0.29) is 24.7 Å². The number of ketones is 1. The zero-order valence-corrected chi connectivity index (χ0v) is 9.74. The van der Waals surface area contributed by atoms with Crippen molar-refractivity contribution in [2.75, 3.05) is 11.4 Å². The van der Waals surface area contributed by atoms with Crippen molar-refractivity contribution in [3.05, 3.63) is 22.3 Å². The maximum absolute atomic E-state index is 11.4. The molecule has 0 radical (unpaired) electrons. The van der Waals surface area contributed by atoms with E-state index in [2.05, 4.69) is 20.9 Å². The first kappa shape index (κ1) is 10.3. The van der Waals surface area contributed by atoms with Gasteiger partial charge in [-0.1, -0.05) is 6.07 Å². The van der Waals surface area contributed by atoms with Gasteiger partial charge in [-0.2, -0.15) is 0 Å². The minimum absolute atomic E-state index is 0.00677. The number of aromatic nitrogens is 1. The summed E-state index contributed by atoms with van der Waals surface area (Å²) in [6.07, 6.45) is -0.00677. The summed E-state index contributed by atoms with van der Waals surface area (Å²) in [4.78, 5) is 28.1. The standard InChI is InChI=1S/C10H9BrN2O2/c1-6-2-3-8(12-10(6)11)13-5-7(14)4-9(13)15/h2-3H,4-5H2,1H3. The van der Waals surface area contributed by atoms with Crippen LogP contribution in [0.2, 0.25) is 0 Å². The Morgan fingerprint density at radius 2 is 2.13 bits per heavy atom. The SMILES string of the molecule is Cc1ccc(N2CC(=O)CC2=O)nc1Br. The summed E-state index contributed by atoms with van der Waals surface area (Å²) in [5.41, 5.74) is 0.997. The van der Waals surface area contributed by atoms with E-state index in [1.54, 1.807) is 6.07 Å². The van der Waals surface area contributed by atoms with E-state index >= 15 is 0 Å². The summed E-state index contributed by atoms with van der Waals surface area (Å²) in [6, 6.07) is 3.61. The normalized spacial score (nSPS) is 16.3. The Morgan fingerprint density at radius 1 is 1.40 bits per heavy atom. The Labute approximate surface area is 95.4 Å². The van der Waals surface area contributed by atoms with Crippen LogP contribution in [0.5, 0.6) is 0 Å². The van der Waals surface area contributed by atoms with Crippen LogP contribution in [-0.4, -0.2) is 23.2 Å². The van der Waals surface area contributed by atoms with Crippen LogP contribution in [0.1, 0.15) is 12.0 Å². The van der Waals surface area contributed by atoms with Gasteiger partial charge in [-0.05, 0) is 34.5 Å². The van der Waals surface area contributed by atoms with Gasteiger partial charge in [0, 0.05) is 0 Å². The predicted molar refractivity (Wildman–Crippen MR) is 58.7 cm³/mol. The molecule has 1 aliphatic heterocycles. The fraction of sp³-hybridized carbons (Fsp3) is 0.300. The number of anilines is 1. The summed E-state index contributed by atoms with van der Waals surface area (Å²) < 4.78 is 0.701. The molecule has 1 fully saturated rings. The molecule has 1 aliphatic rings. The molecule has 1 saturated heterocycles. The highest BCUT2D eigenvalue weighted by atomic mass is 79.9. The molecule has 0 saturated carbocycles. The van der Waals surface area contributed by atoms with Crippen molar-refractivity contribution in [2.24, 2.45) is 0 Å². The smallest absolute Gasteiger partial charge is 0.236 e. The molecule has 78 valence electrons. The molecule has 5 heteroatoms. The quantitative estimate of drug-likeness (QED) is 0.573. The molecule has 0 atom stereocenters. The van der Waals surface area contributed by atoms with Gasteiger partial charge in [0.05, 0.1) is 13.0 Å². The van der Waals surface area contributed by atoms with Crippen LogP contribution < -0.4 is 4.90 Å². The first-order valence-corrected chi connectivity index (χ1v) is 5.32. The second-order valence-corrected chi connectivity index (χ2v) is 4.22. The molecule has 0 bridgehead atoms. The van der Waals surface area contributed by atoms with Crippen molar-refractivity contribution in [3.63, 3.8) is 0 Å². The summed E-state index contributed by atoms with van der Waals surface area (Å²) in [6.45, 7) is 2.05. The highest BCUT2D eigenvalue weighted by Crippen LogP contribution is 2.21. The lowest BCUT2D eigenvalue weighted by atomic mass is 10.3. The fourth-order valence-electron chi connectivity index (χ4n) is 1.44. The van der Waals surface area contributed by atoms with E-state index in [1.165, 1.54) is 4.90 Å². The van der Waals surface area contributed by atoms with Crippen molar-refractivity contribution in [1.82, 2.24) is 4.98 Å². The van der Waals surface area contributed by atoms with Crippen LogP contribution in [0.3, 0.4) is 0 Å². The molecule has 4 nitrogen and oxygen atoms in total. The number of hydrogen-bond donors (Lipinski definition) is 0. The maximum Gasteiger partial charge on any atom is 0.236 e. The molecule has 0 N–H and O–H groups in total. The molecule has 0 aliphatic carbocycles. The van der Waals surface area contributed by atoms with Gasteiger partial charge in [-0.15, -0.1) is 0 Å². The van der Waals surface area contributed by atoms with Gasteiger partial charge in [-0.25, -0.2) is 4.98 Å². The minimum Gasteiger partial charge on any atom is -0.297 e. The van der Waals surface area contributed by atoms with Crippen LogP contribution in [0, 0.1) is 6.92 Å². The molecule has 0 unspecified atom stereocenters. The van der Waals surface area contributed by atoms with E-state index in [0.717, 1.165) is 5.56 Å². The zero-order valence-electron chi connectivity index (χ0n) is 8.16. The van der Waals surface area contributed by atoms with E-state index in [1.807, 2.05) is 13.0 Å². The van der Waals surface area contributed by atoms with Crippen molar-refractivity contribution in [3.8, 4) is 0 Å². The lowest BCUT2D eigenvalue weighted by Gasteiger charge is -2.13. The number of rotatable bonds is 1. The summed E-state index contributed by atoms with van der Waals surface area (Å²) in [7, 11) is 0. The van der Waals surface area contributed by atoms with Crippen molar-refractivity contribution in [1.29, 1.82) is 0 Å². The summed E-state index contributed by atoms with van der Waals surface area (Å²) in [5.74, 6) is 0.296. The van der Waals surface area contributed by atoms with E-state index in [0.29, 0.717) is 10.4 Å². The minimum atomic E-state index is -0.178. The third-order valence-corrected chi connectivity index (χ3v) is 3.08. The lowest BCUT2D eigenvalue weighted by Crippen LogP contribution is -2.25. The Balaban J connectivity index is 2.34. The average Bonchev–Trinajstić information content (AvgIpc) is 2.50. The van der Waals surface area contributed by atoms with E-state index in [9.17, 15) is 9.59 Å². The van der Waals surface area contributed by atoms with E-state index < -0.39 is 0 Å². The molecule has 1 amide bonds. The van der Waals surface area contributed by atoms with Gasteiger partial charge in [0.15, 0.2) is 5.78 Å². The number of carbonyl (C=O) groups is 2. The fourth-order valence-corrected chi connectivity index (χ4v) is 1.75. The van der Waals surface area contributed by atoms with E-state index in [4.69, 9.17) is 0 Å². The predicted octanol–water partition coefficient (Wildman–Crippen LogP) is 1.46. The molecular formula is C10H9BrN2O2. The zero-order chi connectivity index (χ0) is 11.0. The average molecular weight is 269 g/mol. The number of pyridine rings is 1. The second-order valence-electron chi connectivity index (χ2n) is 3.47. The number of hydrogen-bond acceptors (Lipinski definition) is 3. The number of Topliss-reactive ketones (excluding diaryl/α,β-unsaturated/α-hetero) is 1. The van der Waals surface area contributed by atoms with Crippen LogP contribution in [-0.2, 0) is 9.59 Å². The molecule has 0 spiro atoms. The lowest BCUT2D eigenvalue weighted by molar-refractivity contribution is -0.121. The third-order valence-electron chi connectivity index (χ3n) is 2.28. The number of carbonyl (C=O) groups excluding carboxylic acids is 2. The number of halogens is 1. The van der Waals surface area contributed by atoms with Gasteiger partial charge in [0.2, 0.25) is 5.91 Å². The Hall–Kier alpha value is -1.23. The highest BCUT2D eigenvalue weighted by molar-refractivity contribution is 9.10. The first-order chi connectivity index (χ1) is 7.08. The maximum atomic E-state index is 11.4. The van der Waals surface area contributed by atoms with Crippen molar-refractivity contribution < 1.29 is 9.59 Å². The highest BCUT2D eigenvalue weighted by Gasteiger charge is 2.29. The molecule has 0 aromatic carbocycles. The van der Waals surface area contributed by atoms with Crippen LogP contribution in [0.25, 0.3) is 0 Å². The van der Waals surface area contributed by atoms with Crippen molar-refractivity contribution in [2.45, 2.75) is 13.3 Å².